The molecule has 0 radical (unpaired) electrons. The first-order chi connectivity index (χ1) is 26.1. The number of carbonyl (C=O) groups is 4. The Labute approximate surface area is 314 Å². The molecule has 0 saturated carbocycles. The smallest absolute Gasteiger partial charge is 0.347 e. The molecule has 1 aliphatic heterocycles. The summed E-state index contributed by atoms with van der Waals surface area (Å²) in [5.74, 6) is -6.29. The molecule has 4 atom stereocenters. The second-order valence-corrected chi connectivity index (χ2v) is 12.3. The largest absolute Gasteiger partial charge is 0.504 e. The van der Waals surface area contributed by atoms with Crippen LogP contribution in [0, 0.1) is 6.92 Å². The van der Waals surface area contributed by atoms with Gasteiger partial charge in [0.05, 0.1) is 14.2 Å². The normalized spacial score (nSPS) is 15.2. The van der Waals surface area contributed by atoms with E-state index in [2.05, 4.69) is 4.74 Å². The van der Waals surface area contributed by atoms with Crippen LogP contribution in [0.15, 0.2) is 66.7 Å². The number of ether oxygens (including phenoxy) is 5. The fraction of sp³-hybridized carbons (Fsp3) is 0.282. The average molecular weight is 765 g/mol. The van der Waals surface area contributed by atoms with Gasteiger partial charge in [0.2, 0.25) is 12.2 Å². The van der Waals surface area contributed by atoms with Crippen LogP contribution in [-0.4, -0.2) is 86.1 Å². The molecule has 4 unspecified atom stereocenters. The maximum Gasteiger partial charge on any atom is 0.347 e. The molecule has 4 aromatic rings. The van der Waals surface area contributed by atoms with Crippen molar-refractivity contribution in [2.75, 3.05) is 14.2 Å². The first-order valence-corrected chi connectivity index (χ1v) is 16.7. The number of rotatable bonds is 11. The van der Waals surface area contributed by atoms with Crippen molar-refractivity contribution in [2.45, 2.75) is 57.3 Å². The van der Waals surface area contributed by atoms with Crippen LogP contribution in [-0.2, 0) is 51.0 Å². The number of hydrogen-bond acceptors (Lipinski definition) is 16. The summed E-state index contributed by atoms with van der Waals surface area (Å²) in [7, 11) is 2.33. The van der Waals surface area contributed by atoms with Gasteiger partial charge in [-0.1, -0.05) is 31.2 Å². The van der Waals surface area contributed by atoms with E-state index >= 15 is 0 Å². The number of aryl methyl sites for hydroxylation is 1. The van der Waals surface area contributed by atoms with Gasteiger partial charge in [-0.15, -0.1) is 0 Å². The summed E-state index contributed by atoms with van der Waals surface area (Å²) in [5, 5.41) is 68.0. The number of benzene rings is 4. The lowest BCUT2D eigenvalue weighted by atomic mass is 9.88. The maximum absolute atomic E-state index is 13.6. The summed E-state index contributed by atoms with van der Waals surface area (Å²) < 4.78 is 25.8. The SMILES string of the molecule is CCC(=O)OC(Cc1ccc(O)c(O)c1)C(=O)OC.COC(=O)C(Cc1ccc(O)c(O)c1)OC(=O)C1c2c(C)ccc(O)c2OC1c1ccc(O)c(O)c1. The molecule has 0 amide bonds. The van der Waals surface area contributed by atoms with E-state index in [0.29, 0.717) is 27.8 Å². The molecule has 16 heteroatoms. The standard InChI is InChI=1S/C26H24O10.C13H16O6/c1-12-3-6-17(29)24-21(12)22(23(36-24)14-5-8-16(28)19(31)11-14)26(33)35-20(25(32)34-2)10-13-4-7-15(27)18(30)9-13;1-3-12(16)19-11(13(17)18-2)7-8-4-5-9(14)10(15)6-8/h3-9,11,20,22-23,27-31H,10H2,1-2H3;4-6,11,14-15H,3,7H2,1-2H3. The van der Waals surface area contributed by atoms with E-state index in [0.717, 1.165) is 7.11 Å². The third-order valence-corrected chi connectivity index (χ3v) is 8.50. The van der Waals surface area contributed by atoms with Crippen LogP contribution >= 0.6 is 0 Å². The Morgan fingerprint density at radius 1 is 0.636 bits per heavy atom. The fourth-order valence-electron chi connectivity index (χ4n) is 5.65. The summed E-state index contributed by atoms with van der Waals surface area (Å²) in [4.78, 5) is 48.8. The van der Waals surface area contributed by atoms with E-state index in [4.69, 9.17) is 18.9 Å². The van der Waals surface area contributed by atoms with Gasteiger partial charge in [0.15, 0.2) is 46.0 Å². The number of phenols is 7. The maximum atomic E-state index is 13.6. The second-order valence-electron chi connectivity index (χ2n) is 12.3. The van der Waals surface area contributed by atoms with Crippen molar-refractivity contribution in [1.29, 1.82) is 0 Å². The van der Waals surface area contributed by atoms with Crippen molar-refractivity contribution in [2.24, 2.45) is 0 Å². The van der Waals surface area contributed by atoms with E-state index in [-0.39, 0.29) is 53.8 Å². The molecule has 55 heavy (non-hydrogen) atoms. The highest BCUT2D eigenvalue weighted by Gasteiger charge is 2.45. The number of hydrogen-bond donors (Lipinski definition) is 7. The van der Waals surface area contributed by atoms with Gasteiger partial charge in [0, 0.05) is 24.8 Å². The molecule has 1 heterocycles. The number of aromatic hydroxyl groups is 7. The number of esters is 4. The van der Waals surface area contributed by atoms with Gasteiger partial charge in [-0.25, -0.2) is 9.59 Å². The van der Waals surface area contributed by atoms with Crippen LogP contribution < -0.4 is 4.74 Å². The first kappa shape index (κ1) is 40.9. The Morgan fingerprint density at radius 2 is 1.11 bits per heavy atom. The van der Waals surface area contributed by atoms with Crippen molar-refractivity contribution in [3.63, 3.8) is 0 Å². The van der Waals surface area contributed by atoms with Gasteiger partial charge in [0.1, 0.15) is 12.0 Å². The van der Waals surface area contributed by atoms with Crippen LogP contribution in [0.25, 0.3) is 0 Å². The zero-order valence-corrected chi connectivity index (χ0v) is 30.1. The Morgan fingerprint density at radius 3 is 1.58 bits per heavy atom. The molecule has 0 spiro atoms. The predicted molar refractivity (Wildman–Crippen MR) is 190 cm³/mol. The monoisotopic (exact) mass is 764 g/mol. The summed E-state index contributed by atoms with van der Waals surface area (Å²) in [6.45, 7) is 3.33. The van der Waals surface area contributed by atoms with E-state index in [9.17, 15) is 54.9 Å². The van der Waals surface area contributed by atoms with Crippen LogP contribution in [0.5, 0.6) is 46.0 Å². The Balaban J connectivity index is 0.000000299. The Bertz CT molecular complexity index is 2060. The summed E-state index contributed by atoms with van der Waals surface area (Å²) in [5.41, 5.74) is 2.22. The van der Waals surface area contributed by atoms with Crippen molar-refractivity contribution in [3.8, 4) is 46.0 Å². The van der Waals surface area contributed by atoms with Crippen molar-refractivity contribution in [1.82, 2.24) is 0 Å². The molecule has 16 nitrogen and oxygen atoms in total. The number of phenolic OH excluding ortho intramolecular Hbond substituents is 7. The van der Waals surface area contributed by atoms with E-state index < -0.39 is 59.6 Å². The second kappa shape index (κ2) is 17.8. The zero-order chi connectivity index (χ0) is 40.6. The van der Waals surface area contributed by atoms with Gasteiger partial charge in [-0.2, -0.15) is 0 Å². The molecule has 0 aromatic heterocycles. The minimum absolute atomic E-state index is 0.0618. The molecule has 0 fully saturated rings. The average Bonchev–Trinajstić information content (AvgIpc) is 3.58. The molecular weight excluding hydrogens is 724 g/mol. The lowest BCUT2D eigenvalue weighted by Crippen LogP contribution is -2.33. The fourth-order valence-corrected chi connectivity index (χ4v) is 5.65. The highest BCUT2D eigenvalue weighted by molar-refractivity contribution is 5.86. The quantitative estimate of drug-likeness (QED) is 0.0641. The molecule has 4 aromatic carbocycles. The molecule has 292 valence electrons. The van der Waals surface area contributed by atoms with Crippen LogP contribution in [0.3, 0.4) is 0 Å². The molecule has 7 N–H and O–H groups in total. The molecule has 5 rings (SSSR count). The molecule has 1 aliphatic rings. The van der Waals surface area contributed by atoms with Gasteiger partial charge in [0.25, 0.3) is 0 Å². The minimum Gasteiger partial charge on any atom is -0.504 e. The van der Waals surface area contributed by atoms with Crippen molar-refractivity contribution >= 4 is 23.9 Å². The zero-order valence-electron chi connectivity index (χ0n) is 30.1. The van der Waals surface area contributed by atoms with Crippen LogP contribution in [0.4, 0.5) is 0 Å². The molecule has 0 bridgehead atoms. The highest BCUT2D eigenvalue weighted by atomic mass is 16.6. The third-order valence-electron chi connectivity index (χ3n) is 8.50. The topological polar surface area (TPSA) is 256 Å². The minimum atomic E-state index is -1.40. The Hall–Kier alpha value is -6.84. The number of fused-ring (bicyclic) bond motifs is 1. The van der Waals surface area contributed by atoms with Crippen molar-refractivity contribution in [3.05, 3.63) is 94.5 Å². The summed E-state index contributed by atoms with van der Waals surface area (Å²) >= 11 is 0. The van der Waals surface area contributed by atoms with E-state index in [1.165, 1.54) is 67.8 Å². The third kappa shape index (κ3) is 9.78. The van der Waals surface area contributed by atoms with E-state index in [1.807, 2.05) is 0 Å². The summed E-state index contributed by atoms with van der Waals surface area (Å²) in [6, 6.07) is 15.0. The van der Waals surface area contributed by atoms with Crippen molar-refractivity contribution < 1.29 is 78.6 Å². The molecule has 0 aliphatic carbocycles. The number of methoxy groups -OCH3 is 2. The molecule has 0 saturated heterocycles. The van der Waals surface area contributed by atoms with Gasteiger partial charge in [-0.3, -0.25) is 9.59 Å². The van der Waals surface area contributed by atoms with Gasteiger partial charge >= 0.3 is 23.9 Å². The van der Waals surface area contributed by atoms with Gasteiger partial charge in [-0.05, 0) is 71.6 Å². The van der Waals surface area contributed by atoms with E-state index in [1.54, 1.807) is 19.9 Å². The lowest BCUT2D eigenvalue weighted by molar-refractivity contribution is -0.167. The summed E-state index contributed by atoms with van der Waals surface area (Å²) in [6.07, 6.45) is -3.47. The van der Waals surface area contributed by atoms with Crippen LogP contribution in [0.1, 0.15) is 53.2 Å². The highest BCUT2D eigenvalue weighted by Crippen LogP contribution is 2.52. The first-order valence-electron chi connectivity index (χ1n) is 16.7. The Kier molecular flexibility index (Phi) is 13.2. The van der Waals surface area contributed by atoms with Gasteiger partial charge < -0.3 is 59.4 Å². The predicted octanol–water partition coefficient (Wildman–Crippen LogP) is 4.20. The molecular formula is C39H40O16. The van der Waals surface area contributed by atoms with Crippen LogP contribution in [0.2, 0.25) is 0 Å². The lowest BCUT2D eigenvalue weighted by Gasteiger charge is -2.22. The number of carbonyl (C=O) groups excluding carboxylic acids is 4.